The molecule has 1 aliphatic heterocycles. The molecule has 1 aromatic carbocycles. The molecular weight excluding hydrogens is 411 g/mol. The number of rotatable bonds is 5. The lowest BCUT2D eigenvalue weighted by molar-refractivity contribution is -0.140. The van der Waals surface area contributed by atoms with Gasteiger partial charge >= 0.3 is 0 Å². The monoisotopic (exact) mass is 436 g/mol. The van der Waals surface area contributed by atoms with Crippen LogP contribution in [-0.4, -0.2) is 63.2 Å². The average molecular weight is 436 g/mol. The molecule has 2 aromatic heterocycles. The molecule has 1 aliphatic rings. The summed E-state index contributed by atoms with van der Waals surface area (Å²) in [5.74, 6) is -2.56. The number of aliphatic hydroxyl groups is 1. The summed E-state index contributed by atoms with van der Waals surface area (Å²) in [5.41, 5.74) is 2.36. The number of likely N-dealkylation sites (N-methyl/N-ethyl adjacent to an activating group) is 1. The summed E-state index contributed by atoms with van der Waals surface area (Å²) < 4.78 is 16.6. The number of Topliss-reactive ketones (excluding diaryl/α,β-unsaturated/α-hetero) is 1. The topological polar surface area (TPSA) is 78.2 Å². The van der Waals surface area contributed by atoms with Gasteiger partial charge in [0.05, 0.1) is 17.3 Å². The highest BCUT2D eigenvalue weighted by atomic mass is 19.1. The SMILES string of the molecule is Cc1cccn2c(C)c(/C(O)=C3\C(=O)C(=O)N(CCN(C)C)C3c3ccccc3F)nc12. The first-order chi connectivity index (χ1) is 15.2. The minimum atomic E-state index is -1.04. The second-order valence-corrected chi connectivity index (χ2v) is 8.25. The molecule has 1 saturated heterocycles. The number of aryl methyl sites for hydroxylation is 2. The van der Waals surface area contributed by atoms with Gasteiger partial charge in [-0.05, 0) is 45.6 Å². The molecule has 3 heterocycles. The zero-order valence-electron chi connectivity index (χ0n) is 18.5. The second-order valence-electron chi connectivity index (χ2n) is 8.25. The first kappa shape index (κ1) is 21.7. The molecule has 1 fully saturated rings. The molecule has 3 aromatic rings. The molecule has 0 spiro atoms. The third-order valence-corrected chi connectivity index (χ3v) is 5.84. The Morgan fingerprint density at radius 2 is 1.88 bits per heavy atom. The number of halogens is 1. The first-order valence-corrected chi connectivity index (χ1v) is 10.3. The zero-order chi connectivity index (χ0) is 23.2. The molecule has 32 heavy (non-hydrogen) atoms. The lowest BCUT2D eigenvalue weighted by Gasteiger charge is -2.26. The highest BCUT2D eigenvalue weighted by Crippen LogP contribution is 2.40. The Kier molecular flexibility index (Phi) is 5.56. The molecule has 1 amide bonds. The third kappa shape index (κ3) is 3.46. The van der Waals surface area contributed by atoms with E-state index in [-0.39, 0.29) is 23.4 Å². The van der Waals surface area contributed by atoms with Gasteiger partial charge in [-0.25, -0.2) is 9.37 Å². The number of amides is 1. The molecule has 8 heteroatoms. The Hall–Kier alpha value is -3.52. The molecule has 7 nitrogen and oxygen atoms in total. The summed E-state index contributed by atoms with van der Waals surface area (Å²) in [6, 6.07) is 8.71. The highest BCUT2D eigenvalue weighted by molar-refractivity contribution is 6.46. The van der Waals surface area contributed by atoms with Gasteiger partial charge in [-0.1, -0.05) is 24.3 Å². The molecule has 166 valence electrons. The second kappa shape index (κ2) is 8.20. The number of fused-ring (bicyclic) bond motifs is 1. The number of hydrogen-bond acceptors (Lipinski definition) is 5. The van der Waals surface area contributed by atoms with Gasteiger partial charge in [0, 0.05) is 24.8 Å². The van der Waals surface area contributed by atoms with Gasteiger partial charge in [-0.2, -0.15) is 0 Å². The van der Waals surface area contributed by atoms with E-state index < -0.39 is 29.3 Å². The van der Waals surface area contributed by atoms with Crippen LogP contribution in [0.25, 0.3) is 11.4 Å². The van der Waals surface area contributed by atoms with E-state index in [1.54, 1.807) is 19.1 Å². The van der Waals surface area contributed by atoms with E-state index in [0.717, 1.165) is 5.56 Å². The van der Waals surface area contributed by atoms with E-state index in [2.05, 4.69) is 4.98 Å². The van der Waals surface area contributed by atoms with E-state index in [0.29, 0.717) is 17.9 Å². The molecule has 1 N–H and O–H groups in total. The standard InChI is InChI=1S/C24H25FN4O3/c1-14-8-7-11-28-15(2)19(26-23(14)28)21(30)18-20(16-9-5-6-10-17(16)25)29(13-12-27(3)4)24(32)22(18)31/h5-11,20,30H,12-13H2,1-4H3/b21-18+. The van der Waals surface area contributed by atoms with Gasteiger partial charge in [0.15, 0.2) is 5.76 Å². The highest BCUT2D eigenvalue weighted by Gasteiger charge is 2.47. The van der Waals surface area contributed by atoms with Gasteiger partial charge < -0.3 is 19.3 Å². The predicted molar refractivity (Wildman–Crippen MR) is 119 cm³/mol. The average Bonchev–Trinajstić information content (AvgIpc) is 3.22. The number of hydrogen-bond donors (Lipinski definition) is 1. The molecule has 0 bridgehead atoms. The fraction of sp³-hybridized carbons (Fsp3) is 0.292. The maximum absolute atomic E-state index is 14.8. The van der Waals surface area contributed by atoms with Crippen LogP contribution in [0.5, 0.6) is 0 Å². The first-order valence-electron chi connectivity index (χ1n) is 10.3. The Labute approximate surface area is 185 Å². The number of aromatic nitrogens is 2. The smallest absolute Gasteiger partial charge is 0.295 e. The van der Waals surface area contributed by atoms with Crippen molar-refractivity contribution in [3.05, 3.63) is 76.5 Å². The van der Waals surface area contributed by atoms with Crippen LogP contribution in [0.15, 0.2) is 48.2 Å². The van der Waals surface area contributed by atoms with Gasteiger partial charge in [0.1, 0.15) is 17.2 Å². The largest absolute Gasteiger partial charge is 0.505 e. The van der Waals surface area contributed by atoms with Crippen molar-refractivity contribution < 1.29 is 19.1 Å². The summed E-state index contributed by atoms with van der Waals surface area (Å²) in [4.78, 5) is 33.7. The number of carbonyl (C=O) groups is 2. The summed E-state index contributed by atoms with van der Waals surface area (Å²) in [5, 5.41) is 11.3. The van der Waals surface area contributed by atoms with E-state index in [4.69, 9.17) is 0 Å². The molecule has 1 unspecified atom stereocenters. The molecule has 0 radical (unpaired) electrons. The Bertz CT molecular complexity index is 1260. The van der Waals surface area contributed by atoms with Gasteiger partial charge in [0.25, 0.3) is 11.7 Å². The molecule has 0 aliphatic carbocycles. The van der Waals surface area contributed by atoms with Crippen molar-refractivity contribution in [1.29, 1.82) is 0 Å². The maximum Gasteiger partial charge on any atom is 0.295 e. The number of pyridine rings is 1. The number of aliphatic hydroxyl groups excluding tert-OH is 1. The fourth-order valence-corrected chi connectivity index (χ4v) is 4.11. The summed E-state index contributed by atoms with van der Waals surface area (Å²) >= 11 is 0. The van der Waals surface area contributed by atoms with Crippen LogP contribution in [0.2, 0.25) is 0 Å². The van der Waals surface area contributed by atoms with Crippen LogP contribution < -0.4 is 0 Å². The van der Waals surface area contributed by atoms with Crippen LogP contribution in [0.4, 0.5) is 4.39 Å². The number of ketones is 1. The van der Waals surface area contributed by atoms with E-state index >= 15 is 0 Å². The van der Waals surface area contributed by atoms with Crippen LogP contribution in [0.1, 0.15) is 28.6 Å². The number of benzene rings is 1. The van der Waals surface area contributed by atoms with Crippen molar-refractivity contribution in [2.45, 2.75) is 19.9 Å². The number of imidazole rings is 1. The molecule has 4 rings (SSSR count). The van der Waals surface area contributed by atoms with E-state index in [1.807, 2.05) is 48.6 Å². The van der Waals surface area contributed by atoms with Gasteiger partial charge in [0.2, 0.25) is 0 Å². The maximum atomic E-state index is 14.8. The van der Waals surface area contributed by atoms with E-state index in [9.17, 15) is 19.1 Å². The Morgan fingerprint density at radius 3 is 2.53 bits per heavy atom. The summed E-state index contributed by atoms with van der Waals surface area (Å²) in [6.07, 6.45) is 1.81. The third-order valence-electron chi connectivity index (χ3n) is 5.84. The van der Waals surface area contributed by atoms with Crippen LogP contribution in [0, 0.1) is 19.7 Å². The summed E-state index contributed by atoms with van der Waals surface area (Å²) in [6.45, 7) is 4.35. The lowest BCUT2D eigenvalue weighted by Crippen LogP contribution is -2.35. The normalized spacial score (nSPS) is 18.3. The van der Waals surface area contributed by atoms with Crippen molar-refractivity contribution in [3.63, 3.8) is 0 Å². The minimum Gasteiger partial charge on any atom is -0.505 e. The van der Waals surface area contributed by atoms with Crippen LogP contribution in [-0.2, 0) is 9.59 Å². The molecular formula is C24H25FN4O3. The van der Waals surface area contributed by atoms with Crippen molar-refractivity contribution >= 4 is 23.1 Å². The Balaban J connectivity index is 1.94. The number of carbonyl (C=O) groups excluding carboxylic acids is 2. The lowest BCUT2D eigenvalue weighted by atomic mass is 9.96. The molecule has 1 atom stereocenters. The predicted octanol–water partition coefficient (Wildman–Crippen LogP) is 3.07. The van der Waals surface area contributed by atoms with Crippen molar-refractivity contribution in [2.75, 3.05) is 27.2 Å². The fourth-order valence-electron chi connectivity index (χ4n) is 4.11. The Morgan fingerprint density at radius 1 is 1.16 bits per heavy atom. The number of nitrogens with zero attached hydrogens (tertiary/aromatic N) is 4. The van der Waals surface area contributed by atoms with Crippen molar-refractivity contribution in [1.82, 2.24) is 19.2 Å². The van der Waals surface area contributed by atoms with Crippen molar-refractivity contribution in [2.24, 2.45) is 0 Å². The van der Waals surface area contributed by atoms with Crippen LogP contribution >= 0.6 is 0 Å². The van der Waals surface area contributed by atoms with Gasteiger partial charge in [-0.15, -0.1) is 0 Å². The zero-order valence-corrected chi connectivity index (χ0v) is 18.5. The quantitative estimate of drug-likeness (QED) is 0.378. The van der Waals surface area contributed by atoms with E-state index in [1.165, 1.54) is 17.0 Å². The summed E-state index contributed by atoms with van der Waals surface area (Å²) in [7, 11) is 3.69. The van der Waals surface area contributed by atoms with Gasteiger partial charge in [-0.3, -0.25) is 9.59 Å². The van der Waals surface area contributed by atoms with Crippen LogP contribution in [0.3, 0.4) is 0 Å². The molecule has 0 saturated carbocycles. The number of likely N-dealkylation sites (tertiary alicyclic amines) is 1. The minimum absolute atomic E-state index is 0.150. The van der Waals surface area contributed by atoms with Crippen molar-refractivity contribution in [3.8, 4) is 0 Å².